The molecule has 0 aliphatic rings. The van der Waals surface area contributed by atoms with Crippen LogP contribution in [0.3, 0.4) is 0 Å². The van der Waals surface area contributed by atoms with Crippen molar-refractivity contribution >= 4 is 26.9 Å². The molecule has 1 unspecified atom stereocenters. The van der Waals surface area contributed by atoms with Crippen LogP contribution in [0.2, 0.25) is 0 Å². The van der Waals surface area contributed by atoms with Crippen LogP contribution in [0.1, 0.15) is 37.3 Å². The third kappa shape index (κ3) is 4.25. The van der Waals surface area contributed by atoms with Gasteiger partial charge in [0.15, 0.2) is 0 Å². The van der Waals surface area contributed by atoms with Gasteiger partial charge in [-0.15, -0.1) is 0 Å². The largest absolute Gasteiger partial charge is 0.251 e. The molecular formula is C17H20BrNOS. The number of hydrogen-bond acceptors (Lipinski definition) is 1. The Bertz CT molecular complexity index is 628. The highest BCUT2D eigenvalue weighted by Gasteiger charge is 2.29. The molecule has 0 spiro atoms. The highest BCUT2D eigenvalue weighted by molar-refractivity contribution is 9.10. The summed E-state index contributed by atoms with van der Waals surface area (Å²) in [5.74, 6) is 0.172. The van der Waals surface area contributed by atoms with E-state index in [-0.39, 0.29) is 5.92 Å². The lowest BCUT2D eigenvalue weighted by Gasteiger charge is -2.28. The Kier molecular flexibility index (Phi) is 5.36. The summed E-state index contributed by atoms with van der Waals surface area (Å²) >= 11 is 3.53. The summed E-state index contributed by atoms with van der Waals surface area (Å²) in [6, 6.07) is 18.6. The molecule has 2 rings (SSSR count). The van der Waals surface area contributed by atoms with Crippen molar-refractivity contribution in [2.24, 2.45) is 5.14 Å². The second kappa shape index (κ2) is 6.86. The maximum atomic E-state index is 11.8. The molecule has 21 heavy (non-hydrogen) atoms. The van der Waals surface area contributed by atoms with Gasteiger partial charge in [0.25, 0.3) is 0 Å². The van der Waals surface area contributed by atoms with Gasteiger partial charge in [0.05, 0.1) is 15.7 Å². The molecule has 4 heteroatoms. The van der Waals surface area contributed by atoms with Gasteiger partial charge in [-0.1, -0.05) is 58.4 Å². The second-order valence-electron chi connectivity index (χ2n) is 5.78. The first-order valence-electron chi connectivity index (χ1n) is 6.87. The van der Waals surface area contributed by atoms with Crippen molar-refractivity contribution in [2.75, 3.05) is 0 Å². The fraction of sp³-hybridized carbons (Fsp3) is 0.294. The molecule has 2 aromatic carbocycles. The first-order valence-corrected chi connectivity index (χ1v) is 8.87. The van der Waals surface area contributed by atoms with Crippen LogP contribution in [-0.4, -0.2) is 8.96 Å². The predicted octanol–water partition coefficient (Wildman–Crippen LogP) is 4.37. The van der Waals surface area contributed by atoms with Crippen LogP contribution in [0.15, 0.2) is 59.1 Å². The Morgan fingerprint density at radius 2 is 1.71 bits per heavy atom. The molecule has 0 amide bonds. The van der Waals surface area contributed by atoms with Crippen molar-refractivity contribution in [1.29, 1.82) is 0 Å². The fourth-order valence-corrected chi connectivity index (χ4v) is 3.16. The summed E-state index contributed by atoms with van der Waals surface area (Å²) in [5, 5.41) is 5.67. The molecule has 0 aliphatic heterocycles. The first-order chi connectivity index (χ1) is 9.90. The molecule has 0 heterocycles. The Morgan fingerprint density at radius 3 is 2.29 bits per heavy atom. The summed E-state index contributed by atoms with van der Waals surface area (Å²) < 4.78 is 12.4. The minimum absolute atomic E-state index is 0.172. The zero-order valence-corrected chi connectivity index (χ0v) is 14.7. The minimum atomic E-state index is -1.36. The van der Waals surface area contributed by atoms with E-state index >= 15 is 0 Å². The van der Waals surface area contributed by atoms with Crippen LogP contribution in [-0.2, 0) is 11.0 Å². The summed E-state index contributed by atoms with van der Waals surface area (Å²) in [4.78, 5) is 0. The number of nitrogens with two attached hydrogens (primary N) is 1. The maximum absolute atomic E-state index is 11.8. The summed E-state index contributed by atoms with van der Waals surface area (Å²) in [5.41, 5.74) is 2.42. The van der Waals surface area contributed by atoms with E-state index in [9.17, 15) is 4.21 Å². The molecule has 112 valence electrons. The van der Waals surface area contributed by atoms with Crippen molar-refractivity contribution in [3.63, 3.8) is 0 Å². The smallest absolute Gasteiger partial charge is 0.0945 e. The van der Waals surface area contributed by atoms with Crippen LogP contribution >= 0.6 is 15.9 Å². The van der Waals surface area contributed by atoms with Crippen LogP contribution in [0.25, 0.3) is 0 Å². The predicted molar refractivity (Wildman–Crippen MR) is 93.5 cm³/mol. The van der Waals surface area contributed by atoms with Crippen LogP contribution in [0, 0.1) is 0 Å². The summed E-state index contributed by atoms with van der Waals surface area (Å²) in [6.07, 6.45) is 0.733. The standard InChI is InChI=1S/C17H20BrNOS/c1-17(2,21(19)20)12-16(13-7-4-3-5-8-13)14-9-6-10-15(18)11-14/h3-11,16H,12,19H2,1-2H3/t16-,21?/m0/s1. The maximum Gasteiger partial charge on any atom is 0.0945 e. The summed E-state index contributed by atoms with van der Waals surface area (Å²) in [7, 11) is -1.36. The van der Waals surface area contributed by atoms with E-state index in [1.165, 1.54) is 11.1 Å². The van der Waals surface area contributed by atoms with E-state index < -0.39 is 15.7 Å². The fourth-order valence-electron chi connectivity index (χ4n) is 2.41. The molecule has 0 fully saturated rings. The molecule has 0 aromatic heterocycles. The number of benzene rings is 2. The number of hydrogen-bond donors (Lipinski definition) is 1. The third-order valence-electron chi connectivity index (χ3n) is 3.69. The normalized spacial score (nSPS) is 14.7. The van der Waals surface area contributed by atoms with Crippen molar-refractivity contribution in [3.05, 3.63) is 70.2 Å². The van der Waals surface area contributed by atoms with Crippen molar-refractivity contribution < 1.29 is 4.21 Å². The lowest BCUT2D eigenvalue weighted by Crippen LogP contribution is -2.34. The highest BCUT2D eigenvalue weighted by Crippen LogP contribution is 2.35. The topological polar surface area (TPSA) is 43.1 Å². The average molecular weight is 366 g/mol. The van der Waals surface area contributed by atoms with Crippen molar-refractivity contribution in [3.8, 4) is 0 Å². The Hall–Kier alpha value is -0.970. The molecule has 0 bridgehead atoms. The van der Waals surface area contributed by atoms with E-state index in [4.69, 9.17) is 5.14 Å². The third-order valence-corrected chi connectivity index (χ3v) is 5.44. The molecule has 2 atom stereocenters. The lowest BCUT2D eigenvalue weighted by molar-refractivity contribution is 0.556. The van der Waals surface area contributed by atoms with Gasteiger partial charge in [-0.2, -0.15) is 0 Å². The molecule has 0 aliphatic carbocycles. The molecule has 0 radical (unpaired) electrons. The molecule has 2 aromatic rings. The van der Waals surface area contributed by atoms with E-state index in [0.717, 1.165) is 10.9 Å². The van der Waals surface area contributed by atoms with Gasteiger partial charge in [0, 0.05) is 10.4 Å². The van der Waals surface area contributed by atoms with Crippen LogP contribution < -0.4 is 5.14 Å². The molecule has 2 nitrogen and oxygen atoms in total. The zero-order chi connectivity index (χ0) is 15.5. The second-order valence-corrected chi connectivity index (χ2v) is 8.40. The lowest BCUT2D eigenvalue weighted by atomic mass is 9.84. The molecule has 0 saturated carbocycles. The van der Waals surface area contributed by atoms with Gasteiger partial charge in [-0.3, -0.25) is 5.14 Å². The van der Waals surface area contributed by atoms with Gasteiger partial charge in [0.2, 0.25) is 0 Å². The van der Waals surface area contributed by atoms with Crippen LogP contribution in [0.5, 0.6) is 0 Å². The Labute approximate surface area is 137 Å². The van der Waals surface area contributed by atoms with Crippen LogP contribution in [0.4, 0.5) is 0 Å². The quantitative estimate of drug-likeness (QED) is 0.839. The van der Waals surface area contributed by atoms with E-state index in [1.807, 2.05) is 44.2 Å². The average Bonchev–Trinajstić information content (AvgIpc) is 2.45. The SMILES string of the molecule is CC(C)(C[C@@H](c1ccccc1)c1cccc(Br)c1)S(N)=O. The van der Waals surface area contributed by atoms with Crippen molar-refractivity contribution in [1.82, 2.24) is 0 Å². The first kappa shape index (κ1) is 16.4. The molecular weight excluding hydrogens is 346 g/mol. The zero-order valence-electron chi connectivity index (χ0n) is 12.3. The van der Waals surface area contributed by atoms with E-state index in [0.29, 0.717) is 0 Å². The van der Waals surface area contributed by atoms with Gasteiger partial charge in [-0.05, 0) is 43.5 Å². The number of rotatable bonds is 5. The molecule has 2 N–H and O–H groups in total. The monoisotopic (exact) mass is 365 g/mol. The number of halogens is 1. The highest BCUT2D eigenvalue weighted by atomic mass is 79.9. The van der Waals surface area contributed by atoms with E-state index in [2.05, 4.69) is 40.2 Å². The Balaban J connectivity index is 2.43. The summed E-state index contributed by atoms with van der Waals surface area (Å²) in [6.45, 7) is 3.91. The minimum Gasteiger partial charge on any atom is -0.251 e. The van der Waals surface area contributed by atoms with Crippen molar-refractivity contribution in [2.45, 2.75) is 30.9 Å². The van der Waals surface area contributed by atoms with E-state index in [1.54, 1.807) is 0 Å². The van der Waals surface area contributed by atoms with Gasteiger partial charge in [-0.25, -0.2) is 4.21 Å². The Morgan fingerprint density at radius 1 is 1.10 bits per heavy atom. The van der Waals surface area contributed by atoms with Gasteiger partial charge >= 0.3 is 0 Å². The van der Waals surface area contributed by atoms with Gasteiger partial charge < -0.3 is 0 Å². The molecule has 0 saturated heterocycles. The van der Waals surface area contributed by atoms with Gasteiger partial charge in [0.1, 0.15) is 0 Å².